The quantitative estimate of drug-likeness (QED) is 0.703. The summed E-state index contributed by atoms with van der Waals surface area (Å²) >= 11 is 0. The Balaban J connectivity index is 1.76. The molecule has 2 heterocycles. The first-order valence-electron chi connectivity index (χ1n) is 10.6. The Morgan fingerprint density at radius 3 is 2.41 bits per heavy atom. The van der Waals surface area contributed by atoms with Crippen molar-refractivity contribution in [2.75, 3.05) is 39.8 Å². The van der Waals surface area contributed by atoms with E-state index in [-0.39, 0.29) is 11.9 Å². The highest BCUT2D eigenvalue weighted by Gasteiger charge is 2.40. The van der Waals surface area contributed by atoms with Gasteiger partial charge in [-0.3, -0.25) is 14.4 Å². The van der Waals surface area contributed by atoms with Gasteiger partial charge in [-0.1, -0.05) is 43.7 Å². The second-order valence-electron chi connectivity index (χ2n) is 8.04. The number of carbonyl (C=O) groups is 3. The van der Waals surface area contributed by atoms with E-state index in [4.69, 9.17) is 0 Å². The lowest BCUT2D eigenvalue weighted by Crippen LogP contribution is -2.58. The van der Waals surface area contributed by atoms with Crippen LogP contribution in [0.5, 0.6) is 0 Å². The standard InChI is InChI=1S/C22H32N4O3/c1-3-4-12-25-15-16-26(22(29)21(25)28)19(17-8-6-5-7-9-17)20(27)23-18-10-13-24(2)14-11-18/h5-9,18-19H,3-4,10-16H2,1-2H3,(H,23,27). The monoisotopic (exact) mass is 400 g/mol. The number of nitrogens with zero attached hydrogens (tertiary/aromatic N) is 3. The molecule has 7 heteroatoms. The zero-order chi connectivity index (χ0) is 20.8. The molecule has 1 unspecified atom stereocenters. The number of rotatable bonds is 7. The van der Waals surface area contributed by atoms with E-state index in [0.717, 1.165) is 44.3 Å². The van der Waals surface area contributed by atoms with E-state index in [9.17, 15) is 14.4 Å². The molecular weight excluding hydrogens is 368 g/mol. The summed E-state index contributed by atoms with van der Waals surface area (Å²) in [6.45, 7) is 5.36. The molecule has 0 saturated carbocycles. The van der Waals surface area contributed by atoms with E-state index in [1.165, 1.54) is 4.90 Å². The Morgan fingerprint density at radius 2 is 1.76 bits per heavy atom. The van der Waals surface area contributed by atoms with Crippen molar-refractivity contribution < 1.29 is 14.4 Å². The van der Waals surface area contributed by atoms with Crippen LogP contribution in [0.15, 0.2) is 30.3 Å². The molecule has 1 aromatic rings. The van der Waals surface area contributed by atoms with Crippen molar-refractivity contribution in [3.05, 3.63) is 35.9 Å². The van der Waals surface area contributed by atoms with Crippen LogP contribution in [-0.4, -0.2) is 78.2 Å². The first-order valence-corrected chi connectivity index (χ1v) is 10.6. The Bertz CT molecular complexity index is 716. The molecule has 1 atom stereocenters. The number of benzene rings is 1. The van der Waals surface area contributed by atoms with Crippen LogP contribution in [-0.2, 0) is 14.4 Å². The summed E-state index contributed by atoms with van der Waals surface area (Å²) in [4.78, 5) is 44.1. The zero-order valence-electron chi connectivity index (χ0n) is 17.5. The molecule has 0 spiro atoms. The Hall–Kier alpha value is -2.41. The third kappa shape index (κ3) is 5.15. The molecule has 7 nitrogen and oxygen atoms in total. The maximum atomic E-state index is 13.3. The van der Waals surface area contributed by atoms with E-state index >= 15 is 0 Å². The van der Waals surface area contributed by atoms with Crippen LogP contribution >= 0.6 is 0 Å². The first kappa shape index (κ1) is 21.3. The van der Waals surface area contributed by atoms with E-state index in [0.29, 0.717) is 19.6 Å². The summed E-state index contributed by atoms with van der Waals surface area (Å²) in [6, 6.07) is 8.61. The van der Waals surface area contributed by atoms with Crippen LogP contribution in [0.3, 0.4) is 0 Å². The van der Waals surface area contributed by atoms with Crippen molar-refractivity contribution in [1.82, 2.24) is 20.0 Å². The summed E-state index contributed by atoms with van der Waals surface area (Å²) in [6.07, 6.45) is 3.62. The van der Waals surface area contributed by atoms with Crippen molar-refractivity contribution in [2.24, 2.45) is 0 Å². The average Bonchev–Trinajstić information content (AvgIpc) is 2.73. The molecular formula is C22H32N4O3. The van der Waals surface area contributed by atoms with Gasteiger partial charge in [-0.2, -0.15) is 0 Å². The van der Waals surface area contributed by atoms with Crippen molar-refractivity contribution in [2.45, 2.75) is 44.7 Å². The first-order chi connectivity index (χ1) is 14.0. The van der Waals surface area contributed by atoms with E-state index in [1.54, 1.807) is 4.90 Å². The molecule has 0 aliphatic carbocycles. The highest BCUT2D eigenvalue weighted by molar-refractivity contribution is 6.35. The van der Waals surface area contributed by atoms with Gasteiger partial charge in [0.2, 0.25) is 5.91 Å². The Morgan fingerprint density at radius 1 is 1.07 bits per heavy atom. The van der Waals surface area contributed by atoms with Gasteiger partial charge in [0.25, 0.3) is 0 Å². The topological polar surface area (TPSA) is 73.0 Å². The number of piperidine rings is 1. The third-order valence-electron chi connectivity index (χ3n) is 5.86. The average molecular weight is 401 g/mol. The summed E-state index contributed by atoms with van der Waals surface area (Å²) < 4.78 is 0. The predicted octanol–water partition coefficient (Wildman–Crippen LogP) is 1.41. The van der Waals surface area contributed by atoms with Crippen LogP contribution < -0.4 is 5.32 Å². The minimum Gasteiger partial charge on any atom is -0.351 e. The molecule has 0 aromatic heterocycles. The molecule has 3 rings (SSSR count). The molecule has 2 saturated heterocycles. The smallest absolute Gasteiger partial charge is 0.313 e. The van der Waals surface area contributed by atoms with Crippen molar-refractivity contribution in [3.8, 4) is 0 Å². The van der Waals surface area contributed by atoms with Gasteiger partial charge in [0.15, 0.2) is 0 Å². The number of hydrogen-bond acceptors (Lipinski definition) is 4. The van der Waals surface area contributed by atoms with Gasteiger partial charge in [0.05, 0.1) is 0 Å². The van der Waals surface area contributed by atoms with Crippen LogP contribution in [0.1, 0.15) is 44.2 Å². The minimum absolute atomic E-state index is 0.0987. The number of piperazine rings is 1. The van der Waals surface area contributed by atoms with Gasteiger partial charge in [0, 0.05) is 25.7 Å². The molecule has 3 amide bonds. The van der Waals surface area contributed by atoms with Crippen LogP contribution in [0.4, 0.5) is 0 Å². The minimum atomic E-state index is -0.777. The molecule has 0 radical (unpaired) electrons. The van der Waals surface area contributed by atoms with E-state index in [2.05, 4.69) is 24.2 Å². The van der Waals surface area contributed by atoms with Crippen LogP contribution in [0.2, 0.25) is 0 Å². The van der Waals surface area contributed by atoms with Gasteiger partial charge in [0.1, 0.15) is 6.04 Å². The fourth-order valence-electron chi connectivity index (χ4n) is 4.04. The Labute approximate surface area is 173 Å². The lowest BCUT2D eigenvalue weighted by Gasteiger charge is -2.39. The molecule has 1 aromatic carbocycles. The maximum Gasteiger partial charge on any atom is 0.313 e. The summed E-state index contributed by atoms with van der Waals surface area (Å²) in [5.41, 5.74) is 0.737. The van der Waals surface area contributed by atoms with Crippen molar-refractivity contribution in [1.29, 1.82) is 0 Å². The lowest BCUT2D eigenvalue weighted by molar-refractivity contribution is -0.159. The summed E-state index contributed by atoms with van der Waals surface area (Å²) in [7, 11) is 2.08. The number of carbonyl (C=O) groups excluding carboxylic acids is 3. The number of hydrogen-bond donors (Lipinski definition) is 1. The van der Waals surface area contributed by atoms with Gasteiger partial charge in [-0.25, -0.2) is 0 Å². The van der Waals surface area contributed by atoms with Gasteiger partial charge in [-0.05, 0) is 45.0 Å². The van der Waals surface area contributed by atoms with E-state index < -0.39 is 17.9 Å². The maximum absolute atomic E-state index is 13.3. The molecule has 2 aliphatic rings. The zero-order valence-corrected chi connectivity index (χ0v) is 17.5. The van der Waals surface area contributed by atoms with Crippen LogP contribution in [0, 0.1) is 0 Å². The van der Waals surface area contributed by atoms with Gasteiger partial charge < -0.3 is 20.0 Å². The fraction of sp³-hybridized carbons (Fsp3) is 0.591. The summed E-state index contributed by atoms with van der Waals surface area (Å²) in [5.74, 6) is -1.29. The second kappa shape index (κ2) is 9.87. The van der Waals surface area contributed by atoms with Gasteiger partial charge >= 0.3 is 11.8 Å². The number of amides is 3. The second-order valence-corrected chi connectivity index (χ2v) is 8.04. The van der Waals surface area contributed by atoms with Crippen LogP contribution in [0.25, 0.3) is 0 Å². The molecule has 29 heavy (non-hydrogen) atoms. The van der Waals surface area contributed by atoms with E-state index in [1.807, 2.05) is 30.3 Å². The normalized spacial score (nSPS) is 20.1. The van der Waals surface area contributed by atoms with Crippen molar-refractivity contribution >= 4 is 17.7 Å². The summed E-state index contributed by atoms with van der Waals surface area (Å²) in [5, 5.41) is 3.13. The Kier molecular flexibility index (Phi) is 7.25. The lowest BCUT2D eigenvalue weighted by atomic mass is 10.0. The highest BCUT2D eigenvalue weighted by Crippen LogP contribution is 2.25. The fourth-order valence-corrected chi connectivity index (χ4v) is 4.04. The largest absolute Gasteiger partial charge is 0.351 e. The molecule has 0 bridgehead atoms. The molecule has 158 valence electrons. The molecule has 2 aliphatic heterocycles. The number of likely N-dealkylation sites (tertiary alicyclic amines) is 1. The molecule has 1 N–H and O–H groups in total. The number of nitrogens with one attached hydrogen (secondary N) is 1. The predicted molar refractivity (Wildman–Crippen MR) is 111 cm³/mol. The highest BCUT2D eigenvalue weighted by atomic mass is 16.2. The SMILES string of the molecule is CCCCN1CCN(C(C(=O)NC2CCN(C)CC2)c2ccccc2)C(=O)C1=O. The molecule has 2 fully saturated rings. The van der Waals surface area contributed by atoms with Crippen molar-refractivity contribution in [3.63, 3.8) is 0 Å². The number of unbranched alkanes of at least 4 members (excludes halogenated alkanes) is 1. The third-order valence-corrected chi connectivity index (χ3v) is 5.86. The van der Waals surface area contributed by atoms with Gasteiger partial charge in [-0.15, -0.1) is 0 Å².